The molecular formula is C35H50O3S. The SMILES string of the molecule is CC(C)[C@@H]1CC[C@]2(CO)C[C@@H]3C12[C@H]1CC[C@@H]2[C@@]4(C)CC=C(c5csc(C(=O)O)c5)C(C)(C)[C@@H]4CC[C@@]2(C)[C@@]13C. The van der Waals surface area contributed by atoms with Gasteiger partial charge >= 0.3 is 5.97 Å². The average molecular weight is 551 g/mol. The normalized spacial score (nSPS) is 50.9. The Labute approximate surface area is 239 Å². The van der Waals surface area contributed by atoms with Crippen LogP contribution in [-0.2, 0) is 0 Å². The van der Waals surface area contributed by atoms with Crippen LogP contribution < -0.4 is 0 Å². The van der Waals surface area contributed by atoms with E-state index in [0.717, 1.165) is 35.7 Å². The van der Waals surface area contributed by atoms with Gasteiger partial charge in [0.15, 0.2) is 0 Å². The number of aromatic carboxylic acids is 1. The van der Waals surface area contributed by atoms with Crippen molar-refractivity contribution in [3.05, 3.63) is 28.0 Å². The molecule has 5 fully saturated rings. The number of rotatable bonds is 4. The lowest BCUT2D eigenvalue weighted by molar-refractivity contribution is -0.416. The molecule has 5 saturated carbocycles. The molecule has 0 amide bonds. The number of aliphatic hydroxyl groups excluding tert-OH is 1. The molecule has 3 nitrogen and oxygen atoms in total. The summed E-state index contributed by atoms with van der Waals surface area (Å²) in [5.74, 6) is 3.58. The van der Waals surface area contributed by atoms with E-state index in [1.54, 1.807) is 0 Å². The van der Waals surface area contributed by atoms with Crippen LogP contribution in [0.25, 0.3) is 5.57 Å². The maximum absolute atomic E-state index is 11.6. The monoisotopic (exact) mass is 550 g/mol. The molecule has 2 N–H and O–H groups in total. The summed E-state index contributed by atoms with van der Waals surface area (Å²) in [7, 11) is 0. The van der Waals surface area contributed by atoms with Crippen molar-refractivity contribution in [3.8, 4) is 0 Å². The van der Waals surface area contributed by atoms with Crippen LogP contribution in [0.2, 0.25) is 0 Å². The minimum atomic E-state index is -0.815. The lowest BCUT2D eigenvalue weighted by Crippen LogP contribution is -2.84. The van der Waals surface area contributed by atoms with Gasteiger partial charge in [-0.2, -0.15) is 0 Å². The minimum Gasteiger partial charge on any atom is -0.477 e. The van der Waals surface area contributed by atoms with E-state index >= 15 is 0 Å². The fourth-order valence-electron chi connectivity index (χ4n) is 14.2. The van der Waals surface area contributed by atoms with Gasteiger partial charge in [-0.1, -0.05) is 54.5 Å². The molecule has 6 aliphatic carbocycles. The summed E-state index contributed by atoms with van der Waals surface area (Å²) in [6.45, 7) is 18.3. The second-order valence-electron chi connectivity index (χ2n) is 16.5. The Hall–Kier alpha value is -1.13. The van der Waals surface area contributed by atoms with Crippen LogP contribution in [0.1, 0.15) is 115 Å². The molecule has 1 aromatic heterocycles. The molecule has 1 unspecified atom stereocenters. The Kier molecular flexibility index (Phi) is 5.37. The number of hydrogen-bond donors (Lipinski definition) is 2. The number of carboxylic acids is 1. The summed E-state index contributed by atoms with van der Waals surface area (Å²) in [5, 5.41) is 22.4. The highest BCUT2D eigenvalue weighted by Gasteiger charge is 2.89. The number of allylic oxidation sites excluding steroid dienone is 2. The van der Waals surface area contributed by atoms with E-state index < -0.39 is 5.97 Å². The third-order valence-corrected chi connectivity index (χ3v) is 16.4. The summed E-state index contributed by atoms with van der Waals surface area (Å²) in [6.07, 6.45) is 12.7. The van der Waals surface area contributed by atoms with Crippen molar-refractivity contribution in [1.29, 1.82) is 0 Å². The van der Waals surface area contributed by atoms with Gasteiger partial charge in [0.05, 0.1) is 0 Å². The van der Waals surface area contributed by atoms with Crippen LogP contribution in [0.3, 0.4) is 0 Å². The highest BCUT2D eigenvalue weighted by atomic mass is 32.1. The molecule has 10 atom stereocenters. The Bertz CT molecular complexity index is 1260. The lowest BCUT2D eigenvalue weighted by Gasteiger charge is -2.88. The molecule has 6 aliphatic rings. The number of thiophene rings is 1. The number of fused-ring (bicyclic) bond motifs is 6. The maximum atomic E-state index is 11.6. The predicted octanol–water partition coefficient (Wildman–Crippen LogP) is 8.78. The van der Waals surface area contributed by atoms with Gasteiger partial charge in [0.1, 0.15) is 4.88 Å². The smallest absolute Gasteiger partial charge is 0.345 e. The number of hydrogen-bond acceptors (Lipinski definition) is 3. The molecule has 1 spiro atoms. The first-order chi connectivity index (χ1) is 18.3. The minimum absolute atomic E-state index is 0.0282. The fraction of sp³-hybridized carbons (Fsp3) is 0.800. The van der Waals surface area contributed by atoms with Gasteiger partial charge in [-0.15, -0.1) is 11.3 Å². The van der Waals surface area contributed by atoms with Crippen LogP contribution in [0.15, 0.2) is 17.5 Å². The van der Waals surface area contributed by atoms with E-state index in [2.05, 4.69) is 59.9 Å². The van der Waals surface area contributed by atoms with Crippen molar-refractivity contribution in [1.82, 2.24) is 0 Å². The Morgan fingerprint density at radius 1 is 1.00 bits per heavy atom. The standard InChI is InChI=1S/C35H50O3S/c1-20(2)22-11-15-34(19-36)17-28-33(7)27(35(22,28)34)9-8-26-31(5)13-10-23(21-16-24(29(37)38)39-18-21)30(3,4)25(31)12-14-32(26,33)6/h10,16,18,20,22,25-28,36H,8-9,11-15,17,19H2,1-7H3,(H,37,38)/t22-,25-,26+,27-,28-,31-,32+,33-,34+,35?/m0/s1. The highest BCUT2D eigenvalue weighted by molar-refractivity contribution is 7.12. The first-order valence-electron chi connectivity index (χ1n) is 15.9. The molecule has 39 heavy (non-hydrogen) atoms. The fourth-order valence-corrected chi connectivity index (χ4v) is 14.9. The van der Waals surface area contributed by atoms with E-state index in [-0.39, 0.29) is 16.2 Å². The molecule has 4 heteroatoms. The summed E-state index contributed by atoms with van der Waals surface area (Å²) in [5.41, 5.74) is 4.15. The highest BCUT2D eigenvalue weighted by Crippen LogP contribution is 2.94. The van der Waals surface area contributed by atoms with Crippen molar-refractivity contribution in [2.75, 3.05) is 6.61 Å². The van der Waals surface area contributed by atoms with Crippen molar-refractivity contribution in [2.45, 2.75) is 99.8 Å². The molecule has 0 bridgehead atoms. The van der Waals surface area contributed by atoms with Crippen LogP contribution in [-0.4, -0.2) is 22.8 Å². The summed E-state index contributed by atoms with van der Waals surface area (Å²) in [6, 6.07) is 1.91. The molecule has 0 aliphatic heterocycles. The molecule has 214 valence electrons. The molecule has 1 heterocycles. The zero-order valence-electron chi connectivity index (χ0n) is 25.3. The Morgan fingerprint density at radius 3 is 2.36 bits per heavy atom. The van der Waals surface area contributed by atoms with Crippen molar-refractivity contribution < 1.29 is 15.0 Å². The van der Waals surface area contributed by atoms with Crippen LogP contribution in [0.4, 0.5) is 0 Å². The van der Waals surface area contributed by atoms with Gasteiger partial charge in [-0.3, -0.25) is 0 Å². The summed E-state index contributed by atoms with van der Waals surface area (Å²) in [4.78, 5) is 12.1. The Morgan fingerprint density at radius 2 is 1.72 bits per heavy atom. The van der Waals surface area contributed by atoms with E-state index in [1.165, 1.54) is 61.9 Å². The molecule has 0 saturated heterocycles. The Balaban J connectivity index is 1.26. The summed E-state index contributed by atoms with van der Waals surface area (Å²) < 4.78 is 0. The van der Waals surface area contributed by atoms with Gasteiger partial charge in [-0.05, 0) is 137 Å². The van der Waals surface area contributed by atoms with E-state index in [1.807, 2.05) is 6.07 Å². The van der Waals surface area contributed by atoms with Crippen LogP contribution in [0, 0.1) is 68.0 Å². The van der Waals surface area contributed by atoms with Gasteiger partial charge in [-0.25, -0.2) is 4.79 Å². The van der Waals surface area contributed by atoms with Crippen molar-refractivity contribution in [2.24, 2.45) is 68.0 Å². The predicted molar refractivity (Wildman–Crippen MR) is 159 cm³/mol. The molecular weight excluding hydrogens is 500 g/mol. The van der Waals surface area contributed by atoms with Gasteiger partial charge in [0, 0.05) is 12.0 Å². The molecule has 0 radical (unpaired) electrons. The second-order valence-corrected chi connectivity index (χ2v) is 17.5. The third kappa shape index (κ3) is 2.70. The van der Waals surface area contributed by atoms with Gasteiger partial charge < -0.3 is 10.2 Å². The maximum Gasteiger partial charge on any atom is 0.345 e. The first-order valence-corrected chi connectivity index (χ1v) is 16.8. The average Bonchev–Trinajstić information content (AvgIpc) is 3.44. The lowest BCUT2D eigenvalue weighted by atomic mass is 9.15. The van der Waals surface area contributed by atoms with Crippen LogP contribution >= 0.6 is 11.3 Å². The van der Waals surface area contributed by atoms with E-state index in [0.29, 0.717) is 39.6 Å². The molecule has 0 aromatic carbocycles. The largest absolute Gasteiger partial charge is 0.477 e. The molecule has 7 rings (SSSR count). The van der Waals surface area contributed by atoms with Crippen LogP contribution in [0.5, 0.6) is 0 Å². The van der Waals surface area contributed by atoms with Crippen molar-refractivity contribution in [3.63, 3.8) is 0 Å². The van der Waals surface area contributed by atoms with Gasteiger partial charge in [0.2, 0.25) is 0 Å². The van der Waals surface area contributed by atoms with E-state index in [9.17, 15) is 15.0 Å². The van der Waals surface area contributed by atoms with Gasteiger partial charge in [0.25, 0.3) is 0 Å². The number of carboxylic acid groups (broad SMARTS) is 1. The topological polar surface area (TPSA) is 57.5 Å². The first kappa shape index (κ1) is 26.7. The van der Waals surface area contributed by atoms with Crippen molar-refractivity contribution >= 4 is 22.9 Å². The zero-order chi connectivity index (χ0) is 28.0. The zero-order valence-corrected chi connectivity index (χ0v) is 26.1. The number of carbonyl (C=O) groups is 1. The summed E-state index contributed by atoms with van der Waals surface area (Å²) >= 11 is 1.36. The third-order valence-electron chi connectivity index (χ3n) is 15.5. The number of aliphatic hydroxyl groups is 1. The molecule has 1 aromatic rings. The second kappa shape index (κ2) is 7.82. The quantitative estimate of drug-likeness (QED) is 0.394. The van der Waals surface area contributed by atoms with E-state index in [4.69, 9.17) is 0 Å².